The van der Waals surface area contributed by atoms with Crippen molar-refractivity contribution in [2.24, 2.45) is 0 Å². The molecule has 0 amide bonds. The highest BCUT2D eigenvalue weighted by atomic mass is 79.9. The number of hydrogen-bond acceptors (Lipinski definition) is 4. The summed E-state index contributed by atoms with van der Waals surface area (Å²) in [7, 11) is 1.59. The summed E-state index contributed by atoms with van der Waals surface area (Å²) >= 11 is 16.1. The van der Waals surface area contributed by atoms with Crippen LogP contribution in [0.1, 0.15) is 11.1 Å². The van der Waals surface area contributed by atoms with E-state index < -0.39 is 0 Å². The molecule has 0 saturated carbocycles. The van der Waals surface area contributed by atoms with Crippen LogP contribution >= 0.6 is 39.1 Å². The predicted octanol–water partition coefficient (Wildman–Crippen LogP) is 6.13. The second kappa shape index (κ2) is 9.26. The molecule has 0 fully saturated rings. The fraction of sp³-hybridized carbons (Fsp3) is 0.136. The molecule has 9 heteroatoms. The third kappa shape index (κ3) is 4.84. The maximum atomic E-state index is 11.4. The first-order valence-corrected chi connectivity index (χ1v) is 10.9. The normalized spacial score (nSPS) is 11.0. The van der Waals surface area contributed by atoms with Gasteiger partial charge in [-0.05, 0) is 48.0 Å². The van der Waals surface area contributed by atoms with Crippen molar-refractivity contribution in [1.29, 1.82) is 0 Å². The Morgan fingerprint density at radius 1 is 1.00 bits per heavy atom. The Balaban J connectivity index is 1.50. The van der Waals surface area contributed by atoms with Gasteiger partial charge in [-0.15, -0.1) is 0 Å². The van der Waals surface area contributed by atoms with E-state index in [0.29, 0.717) is 33.7 Å². The first kappa shape index (κ1) is 21.6. The Labute approximate surface area is 196 Å². The van der Waals surface area contributed by atoms with Crippen LogP contribution in [0.3, 0.4) is 0 Å². The van der Waals surface area contributed by atoms with Gasteiger partial charge in [-0.3, -0.25) is 0 Å². The molecular weight excluding hydrogens is 505 g/mol. The monoisotopic (exact) mass is 521 g/mol. The molecule has 3 N–H and O–H groups in total. The number of anilines is 1. The van der Waals surface area contributed by atoms with Crippen molar-refractivity contribution in [2.45, 2.75) is 13.2 Å². The van der Waals surface area contributed by atoms with Crippen LogP contribution in [-0.4, -0.2) is 17.1 Å². The standard InChI is InChI=1S/C22H18BrCl2N3O3/c1-30-20-7-12(10-26-13-5-6-18-19(8-13)28-22(29)27-18)15(23)9-21(20)31-11-14-16(24)3-2-4-17(14)25/h2-9,26H,10-11H2,1H3,(H2,27,28,29). The summed E-state index contributed by atoms with van der Waals surface area (Å²) in [5.41, 5.74) is 3.85. The summed E-state index contributed by atoms with van der Waals surface area (Å²) in [5.74, 6) is 1.16. The highest BCUT2D eigenvalue weighted by Gasteiger charge is 2.13. The van der Waals surface area contributed by atoms with Crippen molar-refractivity contribution >= 4 is 55.9 Å². The summed E-state index contributed by atoms with van der Waals surface area (Å²) in [4.78, 5) is 16.9. The molecular formula is C22H18BrCl2N3O3. The molecule has 31 heavy (non-hydrogen) atoms. The highest BCUT2D eigenvalue weighted by Crippen LogP contribution is 2.35. The van der Waals surface area contributed by atoms with Gasteiger partial charge in [0.2, 0.25) is 0 Å². The molecule has 0 aliphatic heterocycles. The van der Waals surface area contributed by atoms with E-state index in [4.69, 9.17) is 32.7 Å². The van der Waals surface area contributed by atoms with Crippen molar-refractivity contribution in [3.63, 3.8) is 0 Å². The number of aromatic nitrogens is 2. The smallest absolute Gasteiger partial charge is 0.323 e. The number of rotatable bonds is 7. The van der Waals surface area contributed by atoms with Gasteiger partial charge in [0.1, 0.15) is 6.61 Å². The van der Waals surface area contributed by atoms with Crippen molar-refractivity contribution in [2.75, 3.05) is 12.4 Å². The number of methoxy groups -OCH3 is 1. The van der Waals surface area contributed by atoms with Crippen LogP contribution in [0.5, 0.6) is 11.5 Å². The van der Waals surface area contributed by atoms with E-state index in [2.05, 4.69) is 31.2 Å². The van der Waals surface area contributed by atoms with Crippen LogP contribution in [0.15, 0.2) is 57.8 Å². The summed E-state index contributed by atoms with van der Waals surface area (Å²) in [6, 6.07) is 14.7. The van der Waals surface area contributed by atoms with E-state index in [9.17, 15) is 4.79 Å². The van der Waals surface area contributed by atoms with Gasteiger partial charge in [0.15, 0.2) is 11.5 Å². The molecule has 4 aromatic rings. The number of halogens is 3. The first-order valence-electron chi connectivity index (χ1n) is 9.32. The summed E-state index contributed by atoms with van der Waals surface area (Å²) < 4.78 is 12.3. The minimum Gasteiger partial charge on any atom is -0.493 e. The Kier molecular flexibility index (Phi) is 6.46. The zero-order valence-electron chi connectivity index (χ0n) is 16.4. The Morgan fingerprint density at radius 3 is 2.48 bits per heavy atom. The van der Waals surface area contributed by atoms with Crippen LogP contribution in [0.4, 0.5) is 5.69 Å². The van der Waals surface area contributed by atoms with Gasteiger partial charge >= 0.3 is 5.69 Å². The molecule has 6 nitrogen and oxygen atoms in total. The fourth-order valence-electron chi connectivity index (χ4n) is 3.14. The van der Waals surface area contributed by atoms with Crippen molar-refractivity contribution in [3.05, 3.63) is 84.7 Å². The molecule has 4 rings (SSSR count). The first-order chi connectivity index (χ1) is 14.9. The largest absolute Gasteiger partial charge is 0.493 e. The van der Waals surface area contributed by atoms with E-state index >= 15 is 0 Å². The number of benzene rings is 3. The highest BCUT2D eigenvalue weighted by molar-refractivity contribution is 9.10. The Morgan fingerprint density at radius 2 is 1.74 bits per heavy atom. The predicted molar refractivity (Wildman–Crippen MR) is 128 cm³/mol. The lowest BCUT2D eigenvalue weighted by Gasteiger charge is -2.16. The summed E-state index contributed by atoms with van der Waals surface area (Å²) in [5, 5.41) is 4.45. The van der Waals surface area contributed by atoms with Gasteiger partial charge in [-0.2, -0.15) is 0 Å². The summed E-state index contributed by atoms with van der Waals surface area (Å²) in [6.45, 7) is 0.751. The third-order valence-corrected chi connectivity index (χ3v) is 6.21. The van der Waals surface area contributed by atoms with Gasteiger partial charge in [0, 0.05) is 32.3 Å². The molecule has 0 aliphatic carbocycles. The minimum atomic E-state index is -0.228. The lowest BCUT2D eigenvalue weighted by atomic mass is 10.2. The molecule has 160 valence electrons. The van der Waals surface area contributed by atoms with E-state index in [1.165, 1.54) is 0 Å². The molecule has 0 unspecified atom stereocenters. The second-order valence-corrected chi connectivity index (χ2v) is 8.45. The van der Waals surface area contributed by atoms with Crippen LogP contribution in [-0.2, 0) is 13.2 Å². The number of imidazole rings is 1. The quantitative estimate of drug-likeness (QED) is 0.273. The van der Waals surface area contributed by atoms with Gasteiger partial charge in [-0.25, -0.2) is 4.79 Å². The lowest BCUT2D eigenvalue weighted by molar-refractivity contribution is 0.284. The molecule has 0 radical (unpaired) electrons. The van der Waals surface area contributed by atoms with Crippen LogP contribution in [0.2, 0.25) is 10.0 Å². The van der Waals surface area contributed by atoms with E-state index in [1.807, 2.05) is 30.3 Å². The maximum Gasteiger partial charge on any atom is 0.323 e. The van der Waals surface area contributed by atoms with E-state index in [0.717, 1.165) is 26.8 Å². The van der Waals surface area contributed by atoms with Crippen LogP contribution < -0.4 is 20.5 Å². The molecule has 0 bridgehead atoms. The van der Waals surface area contributed by atoms with Gasteiger partial charge in [0.05, 0.1) is 18.1 Å². The zero-order chi connectivity index (χ0) is 22.0. The Bertz CT molecular complexity index is 1280. The number of aromatic amines is 2. The second-order valence-electron chi connectivity index (χ2n) is 6.78. The number of nitrogens with one attached hydrogen (secondary N) is 3. The topological polar surface area (TPSA) is 79.1 Å². The lowest BCUT2D eigenvalue weighted by Crippen LogP contribution is -2.03. The molecule has 3 aromatic carbocycles. The average Bonchev–Trinajstić information content (AvgIpc) is 3.12. The van der Waals surface area contributed by atoms with Crippen LogP contribution in [0.25, 0.3) is 11.0 Å². The number of fused-ring (bicyclic) bond motifs is 1. The van der Waals surface area contributed by atoms with Gasteiger partial charge < -0.3 is 24.8 Å². The zero-order valence-corrected chi connectivity index (χ0v) is 19.5. The molecule has 0 atom stereocenters. The number of hydrogen-bond donors (Lipinski definition) is 3. The molecule has 0 aliphatic rings. The van der Waals surface area contributed by atoms with Gasteiger partial charge in [-0.1, -0.05) is 45.2 Å². The summed E-state index contributed by atoms with van der Waals surface area (Å²) in [6.07, 6.45) is 0. The van der Waals surface area contributed by atoms with E-state index in [1.54, 1.807) is 25.3 Å². The van der Waals surface area contributed by atoms with E-state index in [-0.39, 0.29) is 12.3 Å². The van der Waals surface area contributed by atoms with Gasteiger partial charge in [0.25, 0.3) is 0 Å². The minimum absolute atomic E-state index is 0.216. The fourth-order valence-corrected chi connectivity index (χ4v) is 4.11. The molecule has 1 heterocycles. The number of ether oxygens (including phenoxy) is 2. The third-order valence-electron chi connectivity index (χ3n) is 4.77. The molecule has 0 saturated heterocycles. The molecule has 1 aromatic heterocycles. The maximum absolute atomic E-state index is 11.4. The van der Waals surface area contributed by atoms with Crippen molar-refractivity contribution < 1.29 is 9.47 Å². The SMILES string of the molecule is COc1cc(CNc2ccc3[nH]c(=O)[nH]c3c2)c(Br)cc1OCc1c(Cl)cccc1Cl. The van der Waals surface area contributed by atoms with Crippen LogP contribution in [0, 0.1) is 0 Å². The van der Waals surface area contributed by atoms with Crippen molar-refractivity contribution in [1.82, 2.24) is 9.97 Å². The number of H-pyrrole nitrogens is 2. The average molecular weight is 523 g/mol. The molecule has 0 spiro atoms. The Hall–Kier alpha value is -2.61. The van der Waals surface area contributed by atoms with Crippen molar-refractivity contribution in [3.8, 4) is 11.5 Å².